The molecule has 9 nitrogen and oxygen atoms in total. The molecule has 0 fully saturated rings. The summed E-state index contributed by atoms with van der Waals surface area (Å²) in [6, 6.07) is 162. The van der Waals surface area contributed by atoms with Gasteiger partial charge in [0.2, 0.25) is 0 Å². The van der Waals surface area contributed by atoms with Crippen molar-refractivity contribution in [3.05, 3.63) is 461 Å². The van der Waals surface area contributed by atoms with Crippen molar-refractivity contribution in [1.29, 1.82) is 0 Å². The van der Waals surface area contributed by atoms with Gasteiger partial charge >= 0.3 is 0 Å². The Morgan fingerprint density at radius 3 is 0.929 bits per heavy atom. The lowest BCUT2D eigenvalue weighted by molar-refractivity contribution is 0.669. The van der Waals surface area contributed by atoms with E-state index in [2.05, 4.69) is 382 Å². The number of hydrogen-bond donors (Lipinski definition) is 0. The summed E-state index contributed by atoms with van der Waals surface area (Å²) in [5.41, 5.74) is 18.0. The highest BCUT2D eigenvalue weighted by atomic mass is 32.1. The second-order valence-corrected chi connectivity index (χ2v) is 38.7. The molecule has 652 valence electrons. The first-order chi connectivity index (χ1) is 69.3. The number of para-hydroxylation sites is 3. The number of rotatable bonds is 8. The first kappa shape index (κ1) is 81.7. The Hall–Kier alpha value is -17.8. The Morgan fingerprint density at radius 2 is 0.471 bits per heavy atom. The third kappa shape index (κ3) is 14.8. The summed E-state index contributed by atoms with van der Waals surface area (Å²) in [5, 5.41) is 28.7. The average molecular weight is 1840 g/mol. The van der Waals surface area contributed by atoms with Crippen LogP contribution in [0.1, 0.15) is 0 Å². The van der Waals surface area contributed by atoms with Crippen molar-refractivity contribution in [3.8, 4) is 90.6 Å². The quantitative estimate of drug-likeness (QED) is 0.137. The highest BCUT2D eigenvalue weighted by Crippen LogP contribution is 2.45. The van der Waals surface area contributed by atoms with Crippen molar-refractivity contribution >= 4 is 225 Å². The lowest BCUT2D eigenvalue weighted by Gasteiger charge is -2.12. The molecule has 8 heterocycles. The lowest BCUT2D eigenvalue weighted by Crippen LogP contribution is -1.96. The minimum Gasteiger partial charge on any atom is -0.456 e. The lowest BCUT2D eigenvalue weighted by atomic mass is 9.99. The van der Waals surface area contributed by atoms with Crippen LogP contribution in [0.5, 0.6) is 0 Å². The topological polar surface area (TPSA) is 116 Å². The van der Waals surface area contributed by atoms with Crippen LogP contribution in [0, 0.1) is 0 Å². The maximum atomic E-state index is 6.06. The van der Waals surface area contributed by atoms with Crippen LogP contribution in [-0.4, -0.2) is 39.9 Å². The number of benzene rings is 22. The van der Waals surface area contributed by atoms with Crippen LogP contribution >= 0.6 is 34.0 Å². The molecule has 12 heteroatoms. The van der Waals surface area contributed by atoms with E-state index < -0.39 is 0 Å². The van der Waals surface area contributed by atoms with Gasteiger partial charge in [0.25, 0.3) is 0 Å². The number of furan rings is 1. The Bertz CT molecular complexity index is 9980. The van der Waals surface area contributed by atoms with Gasteiger partial charge in [0.05, 0.1) is 44.8 Å². The number of fused-ring (bicyclic) bond motifs is 24. The molecule has 0 N–H and O–H groups in total. The van der Waals surface area contributed by atoms with E-state index in [0.717, 1.165) is 172 Å². The predicted octanol–water partition coefficient (Wildman–Crippen LogP) is 35.8. The molecule has 30 aromatic rings. The molecule has 0 aliphatic heterocycles. The standard InChI is InChI=1S/2C34H20N2S.C30H18N2O.C30H18N2S/c1-2-9-22(10-3-1)33-32-26-11-5-4-8-21(26)16-17-29(32)35-34(36-33)24-15-14-23-20-31-28(19-25(23)18-24)27-12-6-7-13-30(27)37-31;1-2-9-22(10-3-1)32-28-17-16-21-8-4-5-11-26(21)33(28)36-34(35-32)24-15-14-23-20-31-29(19-25(23)18-24)27-12-6-7-13-30(27)37-31;2*1-2-8-19(9-3-1)29-24-11-4-6-12-26(24)31-30(32-29)21-15-14-20-18-28-25(17-22(20)16-21)23-10-5-7-13-27(23)33-28/h2*1-20H;2*1-18H. The van der Waals surface area contributed by atoms with E-state index in [4.69, 9.17) is 44.3 Å². The van der Waals surface area contributed by atoms with Crippen molar-refractivity contribution in [2.24, 2.45) is 0 Å². The van der Waals surface area contributed by atoms with E-state index in [1.54, 1.807) is 0 Å². The molecule has 0 amide bonds. The van der Waals surface area contributed by atoms with Gasteiger partial charge in [-0.1, -0.05) is 340 Å². The SMILES string of the molecule is c1ccc(-c2nc(-c3ccc4cc5oc6ccccc6c5cc4c3)nc3ccccc23)cc1.c1ccc(-c2nc(-c3ccc4cc5sc6ccccc6c5cc4c3)nc3c2ccc2ccccc23)cc1.c1ccc(-c2nc(-c3ccc4cc5sc6ccccc6c5cc4c3)nc3ccc4ccccc4c23)cc1.c1ccc(-c2nc(-c3ccc4cc5sc6ccccc6c5cc4c3)nc3ccccc23)cc1. The van der Waals surface area contributed by atoms with Gasteiger partial charge in [0, 0.05) is 143 Å². The summed E-state index contributed by atoms with van der Waals surface area (Å²) < 4.78 is 14.0. The van der Waals surface area contributed by atoms with Crippen molar-refractivity contribution in [1.82, 2.24) is 39.9 Å². The largest absolute Gasteiger partial charge is 0.456 e. The molecule has 30 rings (SSSR count). The van der Waals surface area contributed by atoms with Crippen LogP contribution in [0.15, 0.2) is 465 Å². The van der Waals surface area contributed by atoms with Gasteiger partial charge < -0.3 is 4.42 Å². The number of thiophene rings is 3. The molecule has 0 aliphatic rings. The molecule has 0 radical (unpaired) electrons. The summed E-state index contributed by atoms with van der Waals surface area (Å²) in [6.07, 6.45) is 0. The molecule has 8 aromatic heterocycles. The predicted molar refractivity (Wildman–Crippen MR) is 593 cm³/mol. The molecule has 0 saturated heterocycles. The van der Waals surface area contributed by atoms with Gasteiger partial charge in [-0.05, 0) is 181 Å². The van der Waals surface area contributed by atoms with Gasteiger partial charge in [-0.15, -0.1) is 34.0 Å². The molecule has 0 atom stereocenters. The monoisotopic (exact) mass is 1840 g/mol. The molecular weight excluding hydrogens is 1760 g/mol. The molecule has 0 aliphatic carbocycles. The van der Waals surface area contributed by atoms with E-state index in [1.165, 1.54) is 109 Å². The van der Waals surface area contributed by atoms with Gasteiger partial charge in [0.1, 0.15) is 11.2 Å². The third-order valence-corrected chi connectivity index (χ3v) is 30.4. The molecule has 22 aromatic carbocycles. The first-order valence-electron chi connectivity index (χ1n) is 46.9. The maximum absolute atomic E-state index is 6.06. The number of aromatic nitrogens is 8. The average Bonchev–Trinajstić information content (AvgIpc) is 1.13. The van der Waals surface area contributed by atoms with Crippen LogP contribution in [0.2, 0.25) is 0 Å². The zero-order chi connectivity index (χ0) is 92.2. The number of nitrogens with zero attached hydrogens (tertiary/aromatic N) is 8. The van der Waals surface area contributed by atoms with Crippen LogP contribution in [-0.2, 0) is 0 Å². The number of hydrogen-bond acceptors (Lipinski definition) is 12. The Kier molecular flexibility index (Phi) is 20.0. The second-order valence-electron chi connectivity index (χ2n) is 35.5. The van der Waals surface area contributed by atoms with E-state index in [1.807, 2.05) is 113 Å². The van der Waals surface area contributed by atoms with E-state index in [9.17, 15) is 0 Å². The zero-order valence-corrected chi connectivity index (χ0v) is 77.5. The van der Waals surface area contributed by atoms with Crippen LogP contribution in [0.3, 0.4) is 0 Å². The summed E-state index contributed by atoms with van der Waals surface area (Å²) in [5.74, 6) is 2.98. The van der Waals surface area contributed by atoms with E-state index >= 15 is 0 Å². The first-order valence-corrected chi connectivity index (χ1v) is 49.3. The molecule has 0 spiro atoms. The van der Waals surface area contributed by atoms with Gasteiger partial charge in [-0.25, -0.2) is 39.9 Å². The highest BCUT2D eigenvalue weighted by Gasteiger charge is 2.22. The van der Waals surface area contributed by atoms with E-state index in [0.29, 0.717) is 0 Å². The van der Waals surface area contributed by atoms with Crippen molar-refractivity contribution < 1.29 is 4.42 Å². The minimum absolute atomic E-state index is 0.728. The third-order valence-electron chi connectivity index (χ3n) is 27.0. The zero-order valence-electron chi connectivity index (χ0n) is 75.1. The molecule has 0 unspecified atom stereocenters. The van der Waals surface area contributed by atoms with Crippen LogP contribution in [0.4, 0.5) is 0 Å². The van der Waals surface area contributed by atoms with Gasteiger partial charge in [-0.3, -0.25) is 0 Å². The molecular formula is C128H76N8OS3. The van der Waals surface area contributed by atoms with E-state index in [-0.39, 0.29) is 0 Å². The Labute approximate surface area is 814 Å². The molecule has 0 bridgehead atoms. The highest BCUT2D eigenvalue weighted by molar-refractivity contribution is 7.26. The Morgan fingerprint density at radius 1 is 0.150 bits per heavy atom. The van der Waals surface area contributed by atoms with Crippen LogP contribution in [0.25, 0.3) is 281 Å². The Balaban J connectivity index is 0.0000000939. The van der Waals surface area contributed by atoms with Crippen LogP contribution < -0.4 is 0 Å². The fraction of sp³-hybridized carbons (Fsp3) is 0. The minimum atomic E-state index is 0.728. The summed E-state index contributed by atoms with van der Waals surface area (Å²) in [6.45, 7) is 0. The fourth-order valence-corrected chi connectivity index (χ4v) is 23.5. The van der Waals surface area contributed by atoms with Crippen molar-refractivity contribution in [3.63, 3.8) is 0 Å². The molecule has 0 saturated carbocycles. The fourth-order valence-electron chi connectivity index (χ4n) is 20.1. The smallest absolute Gasteiger partial charge is 0.160 e. The summed E-state index contributed by atoms with van der Waals surface area (Å²) in [4.78, 5) is 40.5. The van der Waals surface area contributed by atoms with Crippen molar-refractivity contribution in [2.75, 3.05) is 0 Å². The maximum Gasteiger partial charge on any atom is 0.160 e. The normalized spacial score (nSPS) is 11.7. The summed E-state index contributed by atoms with van der Waals surface area (Å²) in [7, 11) is 0. The van der Waals surface area contributed by atoms with Gasteiger partial charge in [-0.2, -0.15) is 0 Å². The second kappa shape index (κ2) is 34.2. The summed E-state index contributed by atoms with van der Waals surface area (Å²) >= 11 is 5.56. The van der Waals surface area contributed by atoms with Crippen molar-refractivity contribution in [2.45, 2.75) is 0 Å². The van der Waals surface area contributed by atoms with Gasteiger partial charge in [0.15, 0.2) is 23.3 Å². The molecule has 140 heavy (non-hydrogen) atoms.